The molecule has 20 heavy (non-hydrogen) atoms. The molecule has 0 amide bonds. The molecule has 1 aliphatic heterocycles. The second-order valence-electron chi connectivity index (χ2n) is 5.07. The van der Waals surface area contributed by atoms with E-state index in [0.717, 1.165) is 12.2 Å². The van der Waals surface area contributed by atoms with E-state index < -0.39 is 0 Å². The van der Waals surface area contributed by atoms with Gasteiger partial charge in [-0.3, -0.25) is 0 Å². The molecule has 1 aromatic heterocycles. The summed E-state index contributed by atoms with van der Waals surface area (Å²) in [7, 11) is 0. The van der Waals surface area contributed by atoms with E-state index >= 15 is 0 Å². The standard InChI is InChI=1S/C15H20N4S/c1-2-16-15(12-8-9-20-11-12)14-10-17-18-19(14)13-6-4-3-5-7-13/h3-7,10,12,15-16H,2,8-9,11H2,1H3. The summed E-state index contributed by atoms with van der Waals surface area (Å²) in [4.78, 5) is 0. The lowest BCUT2D eigenvalue weighted by atomic mass is 9.96. The van der Waals surface area contributed by atoms with Crippen molar-refractivity contribution in [2.75, 3.05) is 18.1 Å². The lowest BCUT2D eigenvalue weighted by Crippen LogP contribution is -2.30. The van der Waals surface area contributed by atoms with E-state index in [1.54, 1.807) is 0 Å². The van der Waals surface area contributed by atoms with Crippen LogP contribution in [0.3, 0.4) is 0 Å². The molecule has 0 aliphatic carbocycles. The molecule has 0 radical (unpaired) electrons. The maximum Gasteiger partial charge on any atom is 0.0818 e. The summed E-state index contributed by atoms with van der Waals surface area (Å²) in [5, 5.41) is 12.0. The summed E-state index contributed by atoms with van der Waals surface area (Å²) in [6.07, 6.45) is 3.17. The minimum atomic E-state index is 0.338. The topological polar surface area (TPSA) is 42.7 Å². The summed E-state index contributed by atoms with van der Waals surface area (Å²) in [5.74, 6) is 3.15. The number of aromatic nitrogens is 3. The normalized spacial score (nSPS) is 20.1. The number of benzene rings is 1. The van der Waals surface area contributed by atoms with E-state index in [0.29, 0.717) is 12.0 Å². The Labute approximate surface area is 124 Å². The van der Waals surface area contributed by atoms with E-state index in [2.05, 4.69) is 34.7 Å². The highest BCUT2D eigenvalue weighted by atomic mass is 32.2. The molecule has 1 N–H and O–H groups in total. The van der Waals surface area contributed by atoms with Gasteiger partial charge in [0.05, 0.1) is 23.6 Å². The highest BCUT2D eigenvalue weighted by Crippen LogP contribution is 2.34. The number of nitrogens with zero attached hydrogens (tertiary/aromatic N) is 3. The average molecular weight is 288 g/mol. The Morgan fingerprint density at radius 3 is 2.95 bits per heavy atom. The van der Waals surface area contributed by atoms with Crippen LogP contribution in [0, 0.1) is 5.92 Å². The predicted octanol–water partition coefficient (Wildman–Crippen LogP) is 2.67. The van der Waals surface area contributed by atoms with Gasteiger partial charge in [0.15, 0.2) is 0 Å². The van der Waals surface area contributed by atoms with Crippen molar-refractivity contribution in [2.45, 2.75) is 19.4 Å². The van der Waals surface area contributed by atoms with Crippen LogP contribution in [0.4, 0.5) is 0 Å². The maximum atomic E-state index is 4.28. The van der Waals surface area contributed by atoms with Crippen molar-refractivity contribution in [3.63, 3.8) is 0 Å². The largest absolute Gasteiger partial charge is 0.309 e. The van der Waals surface area contributed by atoms with Gasteiger partial charge in [-0.25, -0.2) is 4.68 Å². The van der Waals surface area contributed by atoms with Gasteiger partial charge in [0.2, 0.25) is 0 Å². The first kappa shape index (κ1) is 13.6. The minimum Gasteiger partial charge on any atom is -0.309 e. The van der Waals surface area contributed by atoms with E-state index in [-0.39, 0.29) is 0 Å². The molecule has 0 bridgehead atoms. The van der Waals surface area contributed by atoms with Crippen molar-refractivity contribution in [3.8, 4) is 5.69 Å². The first-order valence-corrected chi connectivity index (χ1v) is 8.32. The third kappa shape index (κ3) is 2.74. The van der Waals surface area contributed by atoms with Gasteiger partial charge in [-0.15, -0.1) is 5.10 Å². The molecule has 2 atom stereocenters. The van der Waals surface area contributed by atoms with Gasteiger partial charge in [-0.05, 0) is 42.5 Å². The Balaban J connectivity index is 1.93. The van der Waals surface area contributed by atoms with Gasteiger partial charge in [-0.2, -0.15) is 11.8 Å². The fourth-order valence-electron chi connectivity index (χ4n) is 2.77. The van der Waals surface area contributed by atoms with Crippen LogP contribution in [0.15, 0.2) is 36.5 Å². The third-order valence-electron chi connectivity index (χ3n) is 3.76. The van der Waals surface area contributed by atoms with Gasteiger partial charge in [-0.1, -0.05) is 30.3 Å². The van der Waals surface area contributed by atoms with Crippen molar-refractivity contribution >= 4 is 11.8 Å². The second kappa shape index (κ2) is 6.41. The van der Waals surface area contributed by atoms with Crippen LogP contribution in [0.2, 0.25) is 0 Å². The highest BCUT2D eigenvalue weighted by Gasteiger charge is 2.29. The van der Waals surface area contributed by atoms with E-state index in [4.69, 9.17) is 0 Å². The second-order valence-corrected chi connectivity index (χ2v) is 6.22. The molecule has 1 saturated heterocycles. The van der Waals surface area contributed by atoms with Gasteiger partial charge >= 0.3 is 0 Å². The van der Waals surface area contributed by atoms with Gasteiger partial charge < -0.3 is 5.32 Å². The zero-order chi connectivity index (χ0) is 13.8. The summed E-state index contributed by atoms with van der Waals surface area (Å²) in [5.41, 5.74) is 2.25. The average Bonchev–Trinajstić information content (AvgIpc) is 3.17. The number of thioether (sulfide) groups is 1. The van der Waals surface area contributed by atoms with Crippen LogP contribution in [0.5, 0.6) is 0 Å². The monoisotopic (exact) mass is 288 g/mol. The Kier molecular flexibility index (Phi) is 4.38. The van der Waals surface area contributed by atoms with Gasteiger partial charge in [0.1, 0.15) is 0 Å². The van der Waals surface area contributed by atoms with E-state index in [1.165, 1.54) is 23.6 Å². The van der Waals surface area contributed by atoms with Crippen LogP contribution < -0.4 is 5.32 Å². The predicted molar refractivity (Wildman–Crippen MR) is 83.2 cm³/mol. The molecule has 1 fully saturated rings. The molecule has 5 heteroatoms. The Morgan fingerprint density at radius 1 is 1.40 bits per heavy atom. The zero-order valence-electron chi connectivity index (χ0n) is 11.7. The van der Waals surface area contributed by atoms with E-state index in [1.807, 2.05) is 40.8 Å². The molecular weight excluding hydrogens is 268 g/mol. The molecule has 2 aromatic rings. The zero-order valence-corrected chi connectivity index (χ0v) is 12.5. The van der Waals surface area contributed by atoms with Crippen LogP contribution in [0.1, 0.15) is 25.1 Å². The fraction of sp³-hybridized carbons (Fsp3) is 0.467. The van der Waals surface area contributed by atoms with Gasteiger partial charge in [0, 0.05) is 0 Å². The summed E-state index contributed by atoms with van der Waals surface area (Å²) in [6, 6.07) is 10.6. The number of para-hydroxylation sites is 1. The summed E-state index contributed by atoms with van der Waals surface area (Å²) in [6.45, 7) is 3.12. The SMILES string of the molecule is CCNC(c1cnnn1-c1ccccc1)C1CCSC1. The summed E-state index contributed by atoms with van der Waals surface area (Å²) >= 11 is 2.05. The Bertz CT molecular complexity index is 534. The molecule has 2 heterocycles. The van der Waals surface area contributed by atoms with Crippen molar-refractivity contribution in [2.24, 2.45) is 5.92 Å². The van der Waals surface area contributed by atoms with E-state index in [9.17, 15) is 0 Å². The number of nitrogens with one attached hydrogen (secondary N) is 1. The van der Waals surface area contributed by atoms with Gasteiger partial charge in [0.25, 0.3) is 0 Å². The lowest BCUT2D eigenvalue weighted by molar-refractivity contribution is 0.386. The van der Waals surface area contributed by atoms with Crippen LogP contribution in [-0.4, -0.2) is 33.0 Å². The first-order valence-electron chi connectivity index (χ1n) is 7.17. The molecule has 0 saturated carbocycles. The highest BCUT2D eigenvalue weighted by molar-refractivity contribution is 7.99. The molecule has 4 nitrogen and oxygen atoms in total. The molecule has 1 aliphatic rings. The summed E-state index contributed by atoms with van der Waals surface area (Å²) < 4.78 is 1.97. The fourth-order valence-corrected chi connectivity index (χ4v) is 4.07. The first-order chi connectivity index (χ1) is 9.90. The van der Waals surface area contributed by atoms with Crippen LogP contribution in [-0.2, 0) is 0 Å². The van der Waals surface area contributed by atoms with Crippen molar-refractivity contribution < 1.29 is 0 Å². The lowest BCUT2D eigenvalue weighted by Gasteiger charge is -2.24. The third-order valence-corrected chi connectivity index (χ3v) is 4.94. The van der Waals surface area contributed by atoms with Crippen LogP contribution >= 0.6 is 11.8 Å². The van der Waals surface area contributed by atoms with Crippen molar-refractivity contribution in [3.05, 3.63) is 42.2 Å². The van der Waals surface area contributed by atoms with Crippen LogP contribution in [0.25, 0.3) is 5.69 Å². The van der Waals surface area contributed by atoms with Crippen molar-refractivity contribution in [1.82, 2.24) is 20.3 Å². The number of hydrogen-bond donors (Lipinski definition) is 1. The Hall–Kier alpha value is -1.33. The number of hydrogen-bond acceptors (Lipinski definition) is 4. The number of rotatable bonds is 5. The molecule has 0 spiro atoms. The molecule has 1 aromatic carbocycles. The Morgan fingerprint density at radius 2 is 2.25 bits per heavy atom. The molecule has 3 rings (SSSR count). The maximum absolute atomic E-state index is 4.28. The van der Waals surface area contributed by atoms with Crippen molar-refractivity contribution in [1.29, 1.82) is 0 Å². The minimum absolute atomic E-state index is 0.338. The molecule has 2 unspecified atom stereocenters. The molecular formula is C15H20N4S. The quantitative estimate of drug-likeness (QED) is 0.918. The molecule has 106 valence electrons. The smallest absolute Gasteiger partial charge is 0.0818 e.